The van der Waals surface area contributed by atoms with Crippen molar-refractivity contribution in [1.82, 2.24) is 9.21 Å². The summed E-state index contributed by atoms with van der Waals surface area (Å²) in [6.07, 6.45) is 1.88. The summed E-state index contributed by atoms with van der Waals surface area (Å²) >= 11 is 2.62. The van der Waals surface area contributed by atoms with E-state index in [4.69, 9.17) is 14.6 Å². The quantitative estimate of drug-likeness (QED) is 0.507. The maximum atomic E-state index is 12.2. The van der Waals surface area contributed by atoms with E-state index in [0.29, 0.717) is 6.54 Å². The summed E-state index contributed by atoms with van der Waals surface area (Å²) in [5.41, 5.74) is 1.02. The second-order valence-electron chi connectivity index (χ2n) is 7.96. The minimum atomic E-state index is -3.76. The molecule has 29 heavy (non-hydrogen) atoms. The number of rotatable bonds is 6. The Labute approximate surface area is 180 Å². The summed E-state index contributed by atoms with van der Waals surface area (Å²) in [5, 5.41) is 5.29. The molecule has 0 radical (unpaired) electrons. The number of hydrogen-bond donors (Lipinski definition) is 1. The highest BCUT2D eigenvalue weighted by atomic mass is 32.3. The van der Waals surface area contributed by atoms with Crippen LogP contribution in [0.25, 0.3) is 6.08 Å². The van der Waals surface area contributed by atoms with E-state index in [9.17, 15) is 13.2 Å². The molecule has 0 atom stereocenters. The molecule has 0 saturated carbocycles. The van der Waals surface area contributed by atoms with E-state index in [-0.39, 0.29) is 16.8 Å². The summed E-state index contributed by atoms with van der Waals surface area (Å²) in [6.45, 7) is 10.3. The number of carbonyl (C=O) groups excluding carboxylic acids is 1. The summed E-state index contributed by atoms with van der Waals surface area (Å²) in [6, 6.07) is 1.58. The van der Waals surface area contributed by atoms with Crippen molar-refractivity contribution in [3.05, 3.63) is 17.3 Å². The lowest BCUT2D eigenvalue weighted by Crippen LogP contribution is -2.40. The van der Waals surface area contributed by atoms with Crippen LogP contribution >= 0.6 is 23.3 Å². The molecule has 8 nitrogen and oxygen atoms in total. The van der Waals surface area contributed by atoms with Gasteiger partial charge < -0.3 is 13.8 Å². The zero-order valence-electron chi connectivity index (χ0n) is 16.8. The van der Waals surface area contributed by atoms with E-state index in [2.05, 4.69) is 9.21 Å². The summed E-state index contributed by atoms with van der Waals surface area (Å²) < 4.78 is 37.4. The lowest BCUT2D eigenvalue weighted by atomic mass is 9.97. The highest BCUT2D eigenvalue weighted by molar-refractivity contribution is 7.99. The van der Waals surface area contributed by atoms with Gasteiger partial charge in [-0.15, -0.1) is 11.3 Å². The van der Waals surface area contributed by atoms with Crippen molar-refractivity contribution in [2.45, 2.75) is 29.2 Å². The minimum Gasteiger partial charge on any atom is -0.459 e. The van der Waals surface area contributed by atoms with Crippen molar-refractivity contribution in [3.63, 3.8) is 0 Å². The van der Waals surface area contributed by atoms with Gasteiger partial charge in [-0.25, -0.2) is 13.6 Å². The summed E-state index contributed by atoms with van der Waals surface area (Å²) in [4.78, 5) is 14.5. The third-order valence-electron chi connectivity index (χ3n) is 4.50. The first-order chi connectivity index (χ1) is 13.5. The van der Waals surface area contributed by atoms with Crippen LogP contribution in [0.15, 0.2) is 20.2 Å². The first-order valence-electron chi connectivity index (χ1n) is 9.34. The fraction of sp³-hybridized carbons (Fsp3) is 0.611. The van der Waals surface area contributed by atoms with Crippen LogP contribution in [0.5, 0.6) is 0 Å². The number of ether oxygens (including phenoxy) is 2. The monoisotopic (exact) mass is 461 g/mol. The third kappa shape index (κ3) is 5.96. The molecule has 1 saturated heterocycles. The van der Waals surface area contributed by atoms with Gasteiger partial charge in [-0.1, -0.05) is 0 Å². The lowest BCUT2D eigenvalue weighted by molar-refractivity contribution is -0.152. The standard InChI is InChI=1S/C18H27N3O5S3/c1-18(2,3)17(22)26-12-14-10-13-11-15(29(19,23)24)27-16(13)28-21(14)5-4-20-6-8-25-9-7-20/h10-11H,4-9,12H2,1-3H3,(H2,19,23,24). The van der Waals surface area contributed by atoms with Crippen molar-refractivity contribution in [2.75, 3.05) is 46.0 Å². The molecule has 1 aromatic heterocycles. The first-order valence-corrected chi connectivity index (χ1v) is 12.5. The van der Waals surface area contributed by atoms with Crippen molar-refractivity contribution in [1.29, 1.82) is 0 Å². The fourth-order valence-electron chi connectivity index (χ4n) is 2.80. The highest BCUT2D eigenvalue weighted by Gasteiger charge is 2.28. The number of sulfonamides is 1. The molecule has 0 unspecified atom stereocenters. The molecule has 0 amide bonds. The first kappa shape index (κ1) is 22.6. The normalized spacial score (nSPS) is 18.3. The van der Waals surface area contributed by atoms with Gasteiger partial charge in [0.25, 0.3) is 0 Å². The van der Waals surface area contributed by atoms with Crippen LogP contribution in [0, 0.1) is 5.41 Å². The number of nitrogens with two attached hydrogens (primary N) is 1. The van der Waals surface area contributed by atoms with Gasteiger partial charge in [0.1, 0.15) is 10.8 Å². The average molecular weight is 462 g/mol. The Kier molecular flexibility index (Phi) is 6.96. The molecule has 0 aromatic carbocycles. The minimum absolute atomic E-state index is 0.131. The Hall–Kier alpha value is -1.11. The number of morpholine rings is 1. The van der Waals surface area contributed by atoms with Gasteiger partial charge in [-0.2, -0.15) is 0 Å². The van der Waals surface area contributed by atoms with Gasteiger partial charge in [0.15, 0.2) is 0 Å². The van der Waals surface area contributed by atoms with Gasteiger partial charge in [-0.05, 0) is 44.9 Å². The van der Waals surface area contributed by atoms with Crippen LogP contribution in [0.1, 0.15) is 26.3 Å². The van der Waals surface area contributed by atoms with Crippen molar-refractivity contribution < 1.29 is 22.7 Å². The molecule has 11 heteroatoms. The zero-order chi connectivity index (χ0) is 21.2. The predicted molar refractivity (Wildman–Crippen MR) is 114 cm³/mol. The van der Waals surface area contributed by atoms with E-state index in [1.165, 1.54) is 11.9 Å². The van der Waals surface area contributed by atoms with Gasteiger partial charge in [0.05, 0.1) is 28.5 Å². The zero-order valence-corrected chi connectivity index (χ0v) is 19.3. The Balaban J connectivity index is 1.77. The number of primary sulfonamides is 1. The van der Waals surface area contributed by atoms with Crippen LogP contribution < -0.4 is 5.14 Å². The number of hydrogen-bond acceptors (Lipinski definition) is 9. The highest BCUT2D eigenvalue weighted by Crippen LogP contribution is 2.42. The predicted octanol–water partition coefficient (Wildman–Crippen LogP) is 1.98. The van der Waals surface area contributed by atoms with E-state index in [0.717, 1.165) is 59.7 Å². The summed E-state index contributed by atoms with van der Waals surface area (Å²) in [5.74, 6) is -0.280. The Morgan fingerprint density at radius 1 is 1.28 bits per heavy atom. The molecule has 2 aliphatic rings. The smallest absolute Gasteiger partial charge is 0.311 e. The van der Waals surface area contributed by atoms with Crippen molar-refractivity contribution in [3.8, 4) is 0 Å². The molecular weight excluding hydrogens is 434 g/mol. The van der Waals surface area contributed by atoms with Crippen LogP contribution in [0.3, 0.4) is 0 Å². The van der Waals surface area contributed by atoms with E-state index < -0.39 is 15.4 Å². The molecule has 3 heterocycles. The number of nitrogens with zero attached hydrogens (tertiary/aromatic N) is 2. The summed E-state index contributed by atoms with van der Waals surface area (Å²) in [7, 11) is -3.76. The number of thiophene rings is 1. The SMILES string of the molecule is CC(C)(C)C(=O)OCC1=Cc2cc(S(N)(=O)=O)sc2SN1CCN1CCOCC1. The number of carbonyl (C=O) groups is 1. The van der Waals surface area contributed by atoms with E-state index in [1.807, 2.05) is 26.8 Å². The van der Waals surface area contributed by atoms with Gasteiger partial charge >= 0.3 is 5.97 Å². The Bertz CT molecular complexity index is 883. The van der Waals surface area contributed by atoms with Gasteiger partial charge in [-0.3, -0.25) is 9.69 Å². The largest absolute Gasteiger partial charge is 0.459 e. The molecule has 0 bridgehead atoms. The molecular formula is C18H27N3O5S3. The van der Waals surface area contributed by atoms with Crippen molar-refractivity contribution >= 4 is 45.4 Å². The average Bonchev–Trinajstić information content (AvgIpc) is 3.07. The maximum Gasteiger partial charge on any atom is 0.311 e. The molecule has 3 rings (SSSR count). The fourth-order valence-corrected chi connectivity index (χ4v) is 6.08. The van der Waals surface area contributed by atoms with E-state index in [1.54, 1.807) is 6.07 Å². The Morgan fingerprint density at radius 3 is 2.59 bits per heavy atom. The number of fused-ring (bicyclic) bond motifs is 1. The number of esters is 1. The second-order valence-corrected chi connectivity index (χ2v) is 12.1. The van der Waals surface area contributed by atoms with E-state index >= 15 is 0 Å². The van der Waals surface area contributed by atoms with Crippen LogP contribution in [-0.4, -0.2) is 69.6 Å². The molecule has 1 aromatic rings. The van der Waals surface area contributed by atoms with Gasteiger partial charge in [0.2, 0.25) is 10.0 Å². The Morgan fingerprint density at radius 2 is 1.97 bits per heavy atom. The second kappa shape index (κ2) is 8.94. The van der Waals surface area contributed by atoms with Crippen molar-refractivity contribution in [2.24, 2.45) is 10.6 Å². The van der Waals surface area contributed by atoms with Crippen LogP contribution in [-0.2, 0) is 24.3 Å². The van der Waals surface area contributed by atoms with Gasteiger partial charge in [0, 0.05) is 31.7 Å². The van der Waals surface area contributed by atoms with Crippen LogP contribution in [0.4, 0.5) is 0 Å². The lowest BCUT2D eigenvalue weighted by Gasteiger charge is -2.33. The molecule has 0 aliphatic carbocycles. The molecule has 2 aliphatic heterocycles. The molecule has 162 valence electrons. The molecule has 0 spiro atoms. The molecule has 1 fully saturated rings. The third-order valence-corrected chi connectivity index (χ3v) is 8.38. The molecule has 2 N–H and O–H groups in total. The topological polar surface area (TPSA) is 102 Å². The maximum absolute atomic E-state index is 12.2. The van der Waals surface area contributed by atoms with Crippen LogP contribution in [0.2, 0.25) is 0 Å².